The third-order valence-corrected chi connectivity index (χ3v) is 4.42. The van der Waals surface area contributed by atoms with Crippen molar-refractivity contribution in [1.29, 1.82) is 0 Å². The zero-order valence-corrected chi connectivity index (χ0v) is 14.6. The van der Waals surface area contributed by atoms with Crippen LogP contribution in [0.2, 0.25) is 0 Å². The van der Waals surface area contributed by atoms with Crippen LogP contribution in [0.1, 0.15) is 111 Å². The smallest absolute Gasteiger partial charge is 0.0351 e. The van der Waals surface area contributed by atoms with Crippen LogP contribution in [0.25, 0.3) is 0 Å². The molecule has 0 saturated carbocycles. The number of rotatable bonds is 15. The molecule has 0 heteroatoms. The normalized spacial score (nSPS) is 13.2. The Kier molecular flexibility index (Phi) is 16.6. The Morgan fingerprint density at radius 3 is 1.80 bits per heavy atom. The molecule has 0 saturated heterocycles. The molecule has 0 aliphatic carbocycles. The van der Waals surface area contributed by atoms with Crippen LogP contribution >= 0.6 is 0 Å². The molecule has 0 aromatic carbocycles. The van der Waals surface area contributed by atoms with Crippen molar-refractivity contribution in [3.8, 4) is 0 Å². The van der Waals surface area contributed by atoms with Crippen molar-refractivity contribution in [2.45, 2.75) is 111 Å². The summed E-state index contributed by atoms with van der Waals surface area (Å²) in [6.45, 7) is 6.94. The van der Waals surface area contributed by atoms with Crippen LogP contribution in [0.5, 0.6) is 0 Å². The molecular weight excluding hydrogens is 240 g/mol. The lowest BCUT2D eigenvalue weighted by molar-refractivity contribution is 0.403. The fourth-order valence-electron chi connectivity index (χ4n) is 2.85. The van der Waals surface area contributed by atoms with E-state index in [0.717, 1.165) is 5.92 Å². The maximum absolute atomic E-state index is 2.41. The summed E-state index contributed by atoms with van der Waals surface area (Å²) in [6, 6.07) is 0. The predicted octanol–water partition coefficient (Wildman–Crippen LogP) is 7.68. The summed E-state index contributed by atoms with van der Waals surface area (Å²) < 4.78 is 0. The van der Waals surface area contributed by atoms with Crippen molar-refractivity contribution >= 4 is 0 Å². The minimum atomic E-state index is 0.991. The highest BCUT2D eigenvalue weighted by molar-refractivity contribution is 4.81. The van der Waals surface area contributed by atoms with E-state index in [-0.39, 0.29) is 0 Å². The van der Waals surface area contributed by atoms with Crippen molar-refractivity contribution in [2.24, 2.45) is 5.92 Å². The Balaban J connectivity index is 3.40. The summed E-state index contributed by atoms with van der Waals surface area (Å²) in [7, 11) is 0. The van der Waals surface area contributed by atoms with E-state index in [1.807, 2.05) is 0 Å². The lowest BCUT2D eigenvalue weighted by atomic mass is 9.93. The average Bonchev–Trinajstić information content (AvgIpc) is 2.47. The summed E-state index contributed by atoms with van der Waals surface area (Å²) in [6.07, 6.45) is 24.4. The first kappa shape index (κ1) is 19.7. The van der Waals surface area contributed by atoms with Gasteiger partial charge >= 0.3 is 0 Å². The highest BCUT2D eigenvalue weighted by atomic mass is 14.1. The van der Waals surface area contributed by atoms with Crippen molar-refractivity contribution < 1.29 is 0 Å². The second kappa shape index (κ2) is 16.8. The third-order valence-electron chi connectivity index (χ3n) is 4.42. The molecule has 0 amide bonds. The van der Waals surface area contributed by atoms with E-state index in [2.05, 4.69) is 32.9 Å². The minimum absolute atomic E-state index is 0.991. The number of hydrogen-bond donors (Lipinski definition) is 0. The fraction of sp³-hybridized carbons (Fsp3) is 0.900. The summed E-state index contributed by atoms with van der Waals surface area (Å²) in [4.78, 5) is 0. The molecule has 0 heterocycles. The average molecular weight is 281 g/mol. The maximum Gasteiger partial charge on any atom is -0.0351 e. The molecule has 0 spiro atoms. The van der Waals surface area contributed by atoms with Gasteiger partial charge in [-0.15, -0.1) is 0 Å². The zero-order chi connectivity index (χ0) is 14.9. The number of hydrogen-bond acceptors (Lipinski definition) is 0. The summed E-state index contributed by atoms with van der Waals surface area (Å²) in [5.41, 5.74) is 0. The van der Waals surface area contributed by atoms with Gasteiger partial charge in [-0.2, -0.15) is 0 Å². The highest BCUT2D eigenvalue weighted by Gasteiger charge is 2.05. The van der Waals surface area contributed by atoms with Gasteiger partial charge in [0.25, 0.3) is 0 Å². The fourth-order valence-corrected chi connectivity index (χ4v) is 2.85. The van der Waals surface area contributed by atoms with Crippen molar-refractivity contribution in [1.82, 2.24) is 0 Å². The van der Waals surface area contributed by atoms with Crippen LogP contribution in [-0.2, 0) is 0 Å². The molecule has 0 aromatic heterocycles. The SMILES string of the molecule is CCCC/C=C/CCCC(CC)CCCCCCCC. The Labute approximate surface area is 129 Å². The Hall–Kier alpha value is -0.260. The third kappa shape index (κ3) is 14.2. The van der Waals surface area contributed by atoms with Gasteiger partial charge < -0.3 is 0 Å². The topological polar surface area (TPSA) is 0 Å². The van der Waals surface area contributed by atoms with Gasteiger partial charge in [-0.05, 0) is 25.2 Å². The van der Waals surface area contributed by atoms with Gasteiger partial charge in [0.1, 0.15) is 0 Å². The van der Waals surface area contributed by atoms with E-state index in [1.165, 1.54) is 89.9 Å². The molecular formula is C20H40. The van der Waals surface area contributed by atoms with E-state index in [4.69, 9.17) is 0 Å². The van der Waals surface area contributed by atoms with Crippen molar-refractivity contribution in [3.63, 3.8) is 0 Å². The second-order valence-corrected chi connectivity index (χ2v) is 6.38. The molecule has 0 N–H and O–H groups in total. The predicted molar refractivity (Wildman–Crippen MR) is 94.3 cm³/mol. The van der Waals surface area contributed by atoms with Gasteiger partial charge in [-0.1, -0.05) is 104 Å². The van der Waals surface area contributed by atoms with Crippen LogP contribution in [0.15, 0.2) is 12.2 Å². The molecule has 0 bridgehead atoms. The molecule has 1 atom stereocenters. The molecule has 0 rings (SSSR count). The zero-order valence-electron chi connectivity index (χ0n) is 14.6. The molecule has 0 aliphatic heterocycles. The second-order valence-electron chi connectivity index (χ2n) is 6.38. The lowest BCUT2D eigenvalue weighted by Crippen LogP contribution is -1.98. The van der Waals surface area contributed by atoms with Gasteiger partial charge in [0, 0.05) is 0 Å². The quantitative estimate of drug-likeness (QED) is 0.213. The number of allylic oxidation sites excluding steroid dienone is 2. The van der Waals surface area contributed by atoms with Gasteiger partial charge in [0.2, 0.25) is 0 Å². The summed E-state index contributed by atoms with van der Waals surface area (Å²) in [5, 5.41) is 0. The van der Waals surface area contributed by atoms with Gasteiger partial charge in [0.15, 0.2) is 0 Å². The van der Waals surface area contributed by atoms with Crippen LogP contribution in [0, 0.1) is 5.92 Å². The first-order chi connectivity index (χ1) is 9.85. The van der Waals surface area contributed by atoms with E-state index in [1.54, 1.807) is 0 Å². The first-order valence-corrected chi connectivity index (χ1v) is 9.50. The minimum Gasteiger partial charge on any atom is -0.0885 e. The Morgan fingerprint density at radius 1 is 0.600 bits per heavy atom. The molecule has 0 radical (unpaired) electrons. The highest BCUT2D eigenvalue weighted by Crippen LogP contribution is 2.20. The van der Waals surface area contributed by atoms with Gasteiger partial charge in [-0.3, -0.25) is 0 Å². The standard InChI is InChI=1S/C20H40/c1-4-7-9-11-13-15-17-19-20(6-3)18-16-14-12-10-8-5-2/h11,13,20H,4-10,12,14-19H2,1-3H3/b13-11+. The lowest BCUT2D eigenvalue weighted by Gasteiger charge is -2.13. The van der Waals surface area contributed by atoms with E-state index in [0.29, 0.717) is 0 Å². The van der Waals surface area contributed by atoms with E-state index in [9.17, 15) is 0 Å². The van der Waals surface area contributed by atoms with Crippen LogP contribution in [0.3, 0.4) is 0 Å². The summed E-state index contributed by atoms with van der Waals surface area (Å²) in [5.74, 6) is 0.991. The Morgan fingerprint density at radius 2 is 1.15 bits per heavy atom. The molecule has 0 nitrogen and oxygen atoms in total. The van der Waals surface area contributed by atoms with Crippen molar-refractivity contribution in [3.05, 3.63) is 12.2 Å². The molecule has 0 fully saturated rings. The largest absolute Gasteiger partial charge is 0.0885 e. The van der Waals surface area contributed by atoms with E-state index < -0.39 is 0 Å². The molecule has 20 heavy (non-hydrogen) atoms. The molecule has 1 unspecified atom stereocenters. The molecule has 120 valence electrons. The molecule has 0 aromatic rings. The first-order valence-electron chi connectivity index (χ1n) is 9.50. The number of unbranched alkanes of at least 4 members (excludes halogenated alkanes) is 8. The maximum atomic E-state index is 2.41. The summed E-state index contributed by atoms with van der Waals surface area (Å²) >= 11 is 0. The van der Waals surface area contributed by atoms with E-state index >= 15 is 0 Å². The van der Waals surface area contributed by atoms with Gasteiger partial charge in [0.05, 0.1) is 0 Å². The van der Waals surface area contributed by atoms with Gasteiger partial charge in [-0.25, -0.2) is 0 Å². The van der Waals surface area contributed by atoms with Crippen molar-refractivity contribution in [2.75, 3.05) is 0 Å². The Bertz CT molecular complexity index is 192. The monoisotopic (exact) mass is 280 g/mol. The van der Waals surface area contributed by atoms with Crippen LogP contribution < -0.4 is 0 Å². The van der Waals surface area contributed by atoms with Crippen LogP contribution in [0.4, 0.5) is 0 Å². The molecule has 0 aliphatic rings. The van der Waals surface area contributed by atoms with Crippen LogP contribution in [-0.4, -0.2) is 0 Å².